The van der Waals surface area contributed by atoms with Crippen molar-refractivity contribution in [2.45, 2.75) is 6.54 Å². The molecule has 1 N–H and O–H groups in total. The van der Waals surface area contributed by atoms with Gasteiger partial charge in [-0.05, 0) is 23.8 Å². The Kier molecular flexibility index (Phi) is 2.97. The molecule has 0 unspecified atom stereocenters. The molecule has 4 rings (SSSR count). The molecule has 0 spiro atoms. The Labute approximate surface area is 122 Å². The second-order valence-corrected chi connectivity index (χ2v) is 5.06. The largest absolute Gasteiger partial charge is 0.311 e. The van der Waals surface area contributed by atoms with Gasteiger partial charge in [-0.3, -0.25) is 0 Å². The van der Waals surface area contributed by atoms with Crippen LogP contribution in [-0.4, -0.2) is 28.3 Å². The number of hydrogen-bond acceptors (Lipinski definition) is 5. The van der Waals surface area contributed by atoms with Crippen molar-refractivity contribution >= 4 is 22.7 Å². The van der Waals surface area contributed by atoms with E-state index in [1.807, 2.05) is 30.3 Å². The van der Waals surface area contributed by atoms with Crippen LogP contribution in [0.4, 0.5) is 11.6 Å². The quantitative estimate of drug-likeness (QED) is 0.739. The van der Waals surface area contributed by atoms with E-state index in [-0.39, 0.29) is 0 Å². The fourth-order valence-corrected chi connectivity index (χ4v) is 2.65. The third-order valence-electron chi connectivity index (χ3n) is 3.70. The molecule has 2 aromatic carbocycles. The number of fused-ring (bicyclic) bond motifs is 2. The number of nitrogens with one attached hydrogen (secondary N) is 1. The van der Waals surface area contributed by atoms with Crippen LogP contribution in [0.15, 0.2) is 48.5 Å². The van der Waals surface area contributed by atoms with Crippen LogP contribution >= 0.6 is 0 Å². The molecule has 1 aromatic heterocycles. The van der Waals surface area contributed by atoms with Gasteiger partial charge in [0.15, 0.2) is 0 Å². The zero-order valence-corrected chi connectivity index (χ0v) is 11.5. The van der Waals surface area contributed by atoms with Crippen molar-refractivity contribution in [3.63, 3.8) is 0 Å². The number of hydrogen-bond donors (Lipinski definition) is 1. The molecule has 2 heterocycles. The van der Waals surface area contributed by atoms with E-state index < -0.39 is 0 Å². The molecule has 0 saturated heterocycles. The SMILES string of the molecule is c1ccc2c(c1)CNCCN2c1nnc2ccccc2n1. The summed E-state index contributed by atoms with van der Waals surface area (Å²) in [6.07, 6.45) is 0. The van der Waals surface area contributed by atoms with Crippen molar-refractivity contribution in [3.05, 3.63) is 54.1 Å². The number of rotatable bonds is 1. The van der Waals surface area contributed by atoms with Gasteiger partial charge in [0.25, 0.3) is 0 Å². The Balaban J connectivity index is 1.84. The molecule has 0 fully saturated rings. The molecule has 104 valence electrons. The summed E-state index contributed by atoms with van der Waals surface area (Å²) in [6.45, 7) is 2.59. The van der Waals surface area contributed by atoms with E-state index in [4.69, 9.17) is 0 Å². The Morgan fingerprint density at radius 1 is 0.905 bits per heavy atom. The van der Waals surface area contributed by atoms with Crippen molar-refractivity contribution in [2.24, 2.45) is 0 Å². The van der Waals surface area contributed by atoms with Crippen molar-refractivity contribution in [2.75, 3.05) is 18.0 Å². The fourth-order valence-electron chi connectivity index (χ4n) is 2.65. The summed E-state index contributed by atoms with van der Waals surface area (Å²) in [6, 6.07) is 16.2. The highest BCUT2D eigenvalue weighted by molar-refractivity contribution is 5.75. The summed E-state index contributed by atoms with van der Waals surface area (Å²) >= 11 is 0. The van der Waals surface area contributed by atoms with E-state index in [1.54, 1.807) is 0 Å². The smallest absolute Gasteiger partial charge is 0.250 e. The summed E-state index contributed by atoms with van der Waals surface area (Å²) in [5.74, 6) is 0.657. The standard InChI is InChI=1S/C16H15N5/c1-4-8-15-12(5-1)11-17-9-10-21(15)16-18-13-6-2-3-7-14(13)19-20-16/h1-8,17H,9-11H2. The maximum atomic E-state index is 4.66. The number of para-hydroxylation sites is 2. The van der Waals surface area contributed by atoms with Gasteiger partial charge in [-0.2, -0.15) is 0 Å². The summed E-state index contributed by atoms with van der Waals surface area (Å²) < 4.78 is 0. The van der Waals surface area contributed by atoms with Crippen molar-refractivity contribution in [3.8, 4) is 0 Å². The van der Waals surface area contributed by atoms with Crippen LogP contribution in [0.1, 0.15) is 5.56 Å². The predicted octanol–water partition coefficient (Wildman–Crippen LogP) is 2.27. The average Bonchev–Trinajstić information content (AvgIpc) is 2.77. The van der Waals surface area contributed by atoms with Crippen molar-refractivity contribution < 1.29 is 0 Å². The molecule has 0 radical (unpaired) electrons. The van der Waals surface area contributed by atoms with E-state index in [0.717, 1.165) is 36.4 Å². The van der Waals surface area contributed by atoms with Gasteiger partial charge >= 0.3 is 0 Å². The lowest BCUT2D eigenvalue weighted by Crippen LogP contribution is -2.26. The van der Waals surface area contributed by atoms with Gasteiger partial charge in [0.1, 0.15) is 5.52 Å². The summed E-state index contributed by atoms with van der Waals surface area (Å²) in [4.78, 5) is 6.80. The van der Waals surface area contributed by atoms with Crippen LogP contribution in [0.3, 0.4) is 0 Å². The minimum Gasteiger partial charge on any atom is -0.311 e. The number of nitrogens with zero attached hydrogens (tertiary/aromatic N) is 4. The molecule has 0 amide bonds. The lowest BCUT2D eigenvalue weighted by molar-refractivity contribution is 0.708. The summed E-state index contributed by atoms with van der Waals surface area (Å²) in [7, 11) is 0. The van der Waals surface area contributed by atoms with Crippen molar-refractivity contribution in [1.29, 1.82) is 0 Å². The monoisotopic (exact) mass is 277 g/mol. The van der Waals surface area contributed by atoms with E-state index >= 15 is 0 Å². The Hall–Kier alpha value is -2.53. The van der Waals surface area contributed by atoms with Gasteiger partial charge in [0, 0.05) is 25.3 Å². The zero-order chi connectivity index (χ0) is 14.1. The van der Waals surface area contributed by atoms with Gasteiger partial charge < -0.3 is 10.2 Å². The normalized spacial score (nSPS) is 14.8. The number of benzene rings is 2. The molecule has 5 nitrogen and oxygen atoms in total. The Morgan fingerprint density at radius 2 is 1.71 bits per heavy atom. The van der Waals surface area contributed by atoms with Crippen LogP contribution in [-0.2, 0) is 6.54 Å². The topological polar surface area (TPSA) is 53.9 Å². The van der Waals surface area contributed by atoms with Crippen LogP contribution in [0, 0.1) is 0 Å². The maximum absolute atomic E-state index is 4.66. The van der Waals surface area contributed by atoms with Crippen molar-refractivity contribution in [1.82, 2.24) is 20.5 Å². The maximum Gasteiger partial charge on any atom is 0.250 e. The number of anilines is 2. The highest BCUT2D eigenvalue weighted by Crippen LogP contribution is 2.27. The first-order valence-corrected chi connectivity index (χ1v) is 7.07. The molecule has 0 aliphatic carbocycles. The second-order valence-electron chi connectivity index (χ2n) is 5.06. The first kappa shape index (κ1) is 12.2. The van der Waals surface area contributed by atoms with E-state index in [2.05, 4.69) is 43.6 Å². The molecule has 1 aliphatic rings. The summed E-state index contributed by atoms with van der Waals surface area (Å²) in [5.41, 5.74) is 4.10. The summed E-state index contributed by atoms with van der Waals surface area (Å²) in [5, 5.41) is 12.0. The second kappa shape index (κ2) is 5.10. The number of aromatic nitrogens is 3. The molecular formula is C16H15N5. The minimum atomic E-state index is 0.657. The minimum absolute atomic E-state index is 0.657. The molecule has 3 aromatic rings. The highest BCUT2D eigenvalue weighted by Gasteiger charge is 2.18. The molecule has 0 saturated carbocycles. The Morgan fingerprint density at radius 3 is 2.67 bits per heavy atom. The fraction of sp³-hybridized carbons (Fsp3) is 0.188. The van der Waals surface area contributed by atoms with Gasteiger partial charge in [-0.1, -0.05) is 30.3 Å². The molecule has 0 bridgehead atoms. The van der Waals surface area contributed by atoms with E-state index in [0.29, 0.717) is 5.95 Å². The molecule has 21 heavy (non-hydrogen) atoms. The van der Waals surface area contributed by atoms with Gasteiger partial charge in [-0.25, -0.2) is 4.98 Å². The highest BCUT2D eigenvalue weighted by atomic mass is 15.3. The van der Waals surface area contributed by atoms with Crippen LogP contribution in [0.2, 0.25) is 0 Å². The molecule has 5 heteroatoms. The van der Waals surface area contributed by atoms with Gasteiger partial charge in [0.2, 0.25) is 5.95 Å². The third kappa shape index (κ3) is 2.21. The first-order valence-electron chi connectivity index (χ1n) is 7.07. The molecule has 0 atom stereocenters. The zero-order valence-electron chi connectivity index (χ0n) is 11.5. The van der Waals surface area contributed by atoms with E-state index in [1.165, 1.54) is 5.56 Å². The van der Waals surface area contributed by atoms with Crippen LogP contribution < -0.4 is 10.2 Å². The average molecular weight is 277 g/mol. The Bertz CT molecular complexity index is 786. The predicted molar refractivity (Wildman–Crippen MR) is 82.5 cm³/mol. The van der Waals surface area contributed by atoms with Gasteiger partial charge in [0.05, 0.1) is 5.52 Å². The molecular weight excluding hydrogens is 262 g/mol. The molecule has 1 aliphatic heterocycles. The van der Waals surface area contributed by atoms with Crippen LogP contribution in [0.25, 0.3) is 11.0 Å². The van der Waals surface area contributed by atoms with E-state index in [9.17, 15) is 0 Å². The van der Waals surface area contributed by atoms with Gasteiger partial charge in [-0.15, -0.1) is 10.2 Å². The lowest BCUT2D eigenvalue weighted by Gasteiger charge is -2.21. The third-order valence-corrected chi connectivity index (χ3v) is 3.70. The first-order chi connectivity index (χ1) is 10.4. The lowest BCUT2D eigenvalue weighted by atomic mass is 10.1. The van der Waals surface area contributed by atoms with Crippen LogP contribution in [0.5, 0.6) is 0 Å².